The van der Waals surface area contributed by atoms with E-state index >= 15 is 0 Å². The van der Waals surface area contributed by atoms with Crippen LogP contribution >= 0.6 is 0 Å². The molecule has 0 spiro atoms. The van der Waals surface area contributed by atoms with Crippen molar-refractivity contribution in [2.75, 3.05) is 0 Å². The van der Waals surface area contributed by atoms with Crippen molar-refractivity contribution >= 4 is 0 Å². The first-order valence-corrected chi connectivity index (χ1v) is 4.49. The third kappa shape index (κ3) is 4.52. The maximum Gasteiger partial charge on any atom is 0.0744 e. The van der Waals surface area contributed by atoms with Crippen molar-refractivity contribution in [1.29, 1.82) is 0 Å². The largest absolute Gasteiger partial charge is 0.389 e. The number of hydrogen-bond donors (Lipinski definition) is 2. The average molecular weight is 172 g/mol. The highest BCUT2D eigenvalue weighted by Crippen LogP contribution is 2.06. The smallest absolute Gasteiger partial charge is 0.0744 e. The van der Waals surface area contributed by atoms with Crippen LogP contribution in [0.1, 0.15) is 27.7 Å². The Bertz CT molecular complexity index is 123. The van der Waals surface area contributed by atoms with E-state index in [1.807, 2.05) is 27.7 Å². The van der Waals surface area contributed by atoms with Gasteiger partial charge >= 0.3 is 0 Å². The summed E-state index contributed by atoms with van der Waals surface area (Å²) in [6, 6.07) is 0. The molecule has 0 aliphatic heterocycles. The molecule has 2 N–H and O–H groups in total. The van der Waals surface area contributed by atoms with Crippen LogP contribution in [0.25, 0.3) is 0 Å². The van der Waals surface area contributed by atoms with Crippen molar-refractivity contribution in [1.82, 2.24) is 0 Å². The first-order valence-electron chi connectivity index (χ1n) is 4.49. The van der Waals surface area contributed by atoms with Gasteiger partial charge in [0.2, 0.25) is 0 Å². The second-order valence-electron chi connectivity index (χ2n) is 3.85. The van der Waals surface area contributed by atoms with Crippen LogP contribution in [0.2, 0.25) is 0 Å². The van der Waals surface area contributed by atoms with E-state index in [1.165, 1.54) is 0 Å². The summed E-state index contributed by atoms with van der Waals surface area (Å²) < 4.78 is 0. The minimum atomic E-state index is -0.446. The van der Waals surface area contributed by atoms with E-state index in [0.717, 1.165) is 0 Å². The Labute approximate surface area is 74.9 Å². The van der Waals surface area contributed by atoms with Crippen LogP contribution in [0.5, 0.6) is 0 Å². The molecule has 0 aromatic rings. The fourth-order valence-corrected chi connectivity index (χ4v) is 0.672. The fourth-order valence-electron chi connectivity index (χ4n) is 0.672. The molecule has 0 amide bonds. The Morgan fingerprint density at radius 1 is 0.750 bits per heavy atom. The van der Waals surface area contributed by atoms with Crippen LogP contribution in [0, 0.1) is 11.8 Å². The molecule has 0 unspecified atom stereocenters. The van der Waals surface area contributed by atoms with Gasteiger partial charge in [0.25, 0.3) is 0 Å². The predicted molar refractivity (Wildman–Crippen MR) is 50.8 cm³/mol. The van der Waals surface area contributed by atoms with Gasteiger partial charge in [0, 0.05) is 0 Å². The molecule has 0 aromatic heterocycles. The highest BCUT2D eigenvalue weighted by atomic mass is 16.3. The van der Waals surface area contributed by atoms with Crippen molar-refractivity contribution in [3.63, 3.8) is 0 Å². The minimum Gasteiger partial charge on any atom is -0.389 e. The highest BCUT2D eigenvalue weighted by Gasteiger charge is 2.07. The summed E-state index contributed by atoms with van der Waals surface area (Å²) in [5, 5.41) is 18.7. The first kappa shape index (κ1) is 11.7. The zero-order chi connectivity index (χ0) is 9.72. The Morgan fingerprint density at radius 3 is 1.17 bits per heavy atom. The molecule has 0 saturated heterocycles. The SMILES string of the molecule is CC(C)[C@H](O)/C=C/[C@@H](O)C(C)C. The number of rotatable bonds is 4. The van der Waals surface area contributed by atoms with E-state index in [1.54, 1.807) is 12.2 Å². The Kier molecular flexibility index (Phi) is 5.18. The molecular weight excluding hydrogens is 152 g/mol. The molecular formula is C10H20O2. The molecule has 0 saturated carbocycles. The van der Waals surface area contributed by atoms with Gasteiger partial charge < -0.3 is 10.2 Å². The van der Waals surface area contributed by atoms with E-state index in [-0.39, 0.29) is 11.8 Å². The number of aliphatic hydroxyl groups excluding tert-OH is 2. The lowest BCUT2D eigenvalue weighted by Crippen LogP contribution is -2.15. The molecule has 0 radical (unpaired) electrons. The standard InChI is InChI=1S/C10H20O2/c1-7(2)9(11)5-6-10(12)8(3)4/h5-12H,1-4H3/b6-5+/t9-,10-/m1/s1. The molecule has 2 nitrogen and oxygen atoms in total. The zero-order valence-corrected chi connectivity index (χ0v) is 8.36. The minimum absolute atomic E-state index is 0.209. The maximum atomic E-state index is 9.36. The van der Waals surface area contributed by atoms with Gasteiger partial charge in [-0.05, 0) is 11.8 Å². The highest BCUT2D eigenvalue weighted by molar-refractivity contribution is 4.95. The molecule has 0 fully saturated rings. The summed E-state index contributed by atoms with van der Waals surface area (Å²) >= 11 is 0. The monoisotopic (exact) mass is 172 g/mol. The van der Waals surface area contributed by atoms with Gasteiger partial charge in [-0.15, -0.1) is 0 Å². The lowest BCUT2D eigenvalue weighted by molar-refractivity contribution is 0.156. The van der Waals surface area contributed by atoms with E-state index in [0.29, 0.717) is 0 Å². The van der Waals surface area contributed by atoms with Gasteiger partial charge in [0.1, 0.15) is 0 Å². The summed E-state index contributed by atoms with van der Waals surface area (Å²) in [5.41, 5.74) is 0. The van der Waals surface area contributed by atoms with Gasteiger partial charge in [-0.1, -0.05) is 39.8 Å². The molecule has 0 aliphatic rings. The van der Waals surface area contributed by atoms with Crippen molar-refractivity contribution < 1.29 is 10.2 Å². The van der Waals surface area contributed by atoms with Crippen LogP contribution in [0.3, 0.4) is 0 Å². The maximum absolute atomic E-state index is 9.36. The fraction of sp³-hybridized carbons (Fsp3) is 0.800. The van der Waals surface area contributed by atoms with Crippen LogP contribution in [0.4, 0.5) is 0 Å². The second-order valence-corrected chi connectivity index (χ2v) is 3.85. The molecule has 72 valence electrons. The van der Waals surface area contributed by atoms with Crippen molar-refractivity contribution in [3.8, 4) is 0 Å². The van der Waals surface area contributed by atoms with Crippen LogP contribution in [-0.4, -0.2) is 22.4 Å². The zero-order valence-electron chi connectivity index (χ0n) is 8.36. The van der Waals surface area contributed by atoms with E-state index in [2.05, 4.69) is 0 Å². The van der Waals surface area contributed by atoms with Gasteiger partial charge in [0.05, 0.1) is 12.2 Å². The summed E-state index contributed by atoms with van der Waals surface area (Å²) in [6.07, 6.45) is 2.43. The Balaban J connectivity index is 3.89. The van der Waals surface area contributed by atoms with E-state index in [9.17, 15) is 10.2 Å². The average Bonchev–Trinajstić information content (AvgIpc) is 1.98. The van der Waals surface area contributed by atoms with Crippen LogP contribution in [-0.2, 0) is 0 Å². The molecule has 0 heterocycles. The molecule has 0 rings (SSSR count). The van der Waals surface area contributed by atoms with Crippen molar-refractivity contribution in [2.24, 2.45) is 11.8 Å². The summed E-state index contributed by atoms with van der Waals surface area (Å²) in [5.74, 6) is 0.418. The lowest BCUT2D eigenvalue weighted by atomic mass is 10.0. The van der Waals surface area contributed by atoms with E-state index < -0.39 is 12.2 Å². The topological polar surface area (TPSA) is 40.5 Å². The Morgan fingerprint density at radius 2 is 1.00 bits per heavy atom. The van der Waals surface area contributed by atoms with Gasteiger partial charge in [-0.3, -0.25) is 0 Å². The third-order valence-electron chi connectivity index (χ3n) is 1.87. The summed E-state index contributed by atoms with van der Waals surface area (Å²) in [4.78, 5) is 0. The lowest BCUT2D eigenvalue weighted by Gasteiger charge is -2.12. The molecule has 0 aliphatic carbocycles. The van der Waals surface area contributed by atoms with E-state index in [4.69, 9.17) is 0 Å². The van der Waals surface area contributed by atoms with Crippen molar-refractivity contribution in [3.05, 3.63) is 12.2 Å². The molecule has 12 heavy (non-hydrogen) atoms. The van der Waals surface area contributed by atoms with Gasteiger partial charge in [0.15, 0.2) is 0 Å². The third-order valence-corrected chi connectivity index (χ3v) is 1.87. The van der Waals surface area contributed by atoms with Crippen LogP contribution in [0.15, 0.2) is 12.2 Å². The second kappa shape index (κ2) is 5.33. The molecule has 2 heteroatoms. The van der Waals surface area contributed by atoms with Gasteiger partial charge in [-0.2, -0.15) is 0 Å². The van der Waals surface area contributed by atoms with Crippen LogP contribution < -0.4 is 0 Å². The summed E-state index contributed by atoms with van der Waals surface area (Å²) in [6.45, 7) is 7.76. The molecule has 2 atom stereocenters. The molecule has 0 aromatic carbocycles. The number of aliphatic hydroxyl groups is 2. The normalized spacial score (nSPS) is 17.7. The predicted octanol–water partition coefficient (Wildman–Crippen LogP) is 1.58. The first-order chi connectivity index (χ1) is 5.45. The summed E-state index contributed by atoms with van der Waals surface area (Å²) in [7, 11) is 0. The quantitative estimate of drug-likeness (QED) is 0.632. The van der Waals surface area contributed by atoms with Gasteiger partial charge in [-0.25, -0.2) is 0 Å². The number of hydrogen-bond acceptors (Lipinski definition) is 2. The molecule has 0 bridgehead atoms. The Hall–Kier alpha value is -0.340. The van der Waals surface area contributed by atoms with Crippen molar-refractivity contribution in [2.45, 2.75) is 39.9 Å².